The van der Waals surface area contributed by atoms with E-state index in [-0.39, 0.29) is 5.75 Å². The topological polar surface area (TPSA) is 46.2 Å². The van der Waals surface area contributed by atoms with Crippen LogP contribution in [0.4, 0.5) is 5.69 Å². The number of sulfone groups is 1. The zero-order valence-corrected chi connectivity index (χ0v) is 14.0. The highest BCUT2D eigenvalue weighted by molar-refractivity contribution is 7.91. The predicted octanol–water partition coefficient (Wildman–Crippen LogP) is 4.25. The minimum absolute atomic E-state index is 0.222. The minimum Gasteiger partial charge on any atom is -0.382 e. The molecule has 1 aromatic carbocycles. The maximum absolute atomic E-state index is 12.0. The third-order valence-electron chi connectivity index (χ3n) is 4.40. The molecule has 0 saturated heterocycles. The van der Waals surface area contributed by atoms with Crippen molar-refractivity contribution in [2.24, 2.45) is 5.92 Å². The van der Waals surface area contributed by atoms with Gasteiger partial charge in [0.25, 0.3) is 0 Å². The molecule has 0 amide bonds. The van der Waals surface area contributed by atoms with Gasteiger partial charge in [-0.1, -0.05) is 33.1 Å². The Labute approximate surface area is 129 Å². The van der Waals surface area contributed by atoms with Crippen LogP contribution >= 0.6 is 0 Å². The molecule has 0 aliphatic heterocycles. The standard InChI is InChI=1S/C17H27NO2S/c1-3-13-21(19,20)16-11-9-15(10-12-16)18-17-8-6-4-5-7-14(17)2/h9-12,14,17-18H,3-8,13H2,1-2H3. The Balaban J connectivity index is 2.05. The van der Waals surface area contributed by atoms with Crippen molar-refractivity contribution in [3.05, 3.63) is 24.3 Å². The van der Waals surface area contributed by atoms with E-state index < -0.39 is 9.84 Å². The SMILES string of the molecule is CCCS(=O)(=O)c1ccc(NC2CCCCCC2C)cc1. The van der Waals surface area contributed by atoms with Crippen LogP contribution in [-0.2, 0) is 9.84 Å². The molecule has 1 aliphatic rings. The molecule has 118 valence electrons. The molecule has 2 unspecified atom stereocenters. The van der Waals surface area contributed by atoms with Crippen LogP contribution in [0.1, 0.15) is 52.4 Å². The summed E-state index contributed by atoms with van der Waals surface area (Å²) in [6.45, 7) is 4.20. The van der Waals surface area contributed by atoms with Crippen molar-refractivity contribution in [1.82, 2.24) is 0 Å². The van der Waals surface area contributed by atoms with Crippen molar-refractivity contribution in [3.63, 3.8) is 0 Å². The Morgan fingerprint density at radius 1 is 1.10 bits per heavy atom. The van der Waals surface area contributed by atoms with Crippen molar-refractivity contribution < 1.29 is 8.42 Å². The number of hydrogen-bond acceptors (Lipinski definition) is 3. The molecule has 2 rings (SSSR count). The molecule has 21 heavy (non-hydrogen) atoms. The lowest BCUT2D eigenvalue weighted by molar-refractivity contribution is 0.456. The number of benzene rings is 1. The van der Waals surface area contributed by atoms with Gasteiger partial charge < -0.3 is 5.32 Å². The summed E-state index contributed by atoms with van der Waals surface area (Å²) in [4.78, 5) is 0.434. The van der Waals surface area contributed by atoms with Gasteiger partial charge in [0.2, 0.25) is 0 Å². The van der Waals surface area contributed by atoms with E-state index in [2.05, 4.69) is 12.2 Å². The maximum Gasteiger partial charge on any atom is 0.178 e. The van der Waals surface area contributed by atoms with E-state index in [4.69, 9.17) is 0 Å². The van der Waals surface area contributed by atoms with Crippen LogP contribution in [0.2, 0.25) is 0 Å². The van der Waals surface area contributed by atoms with Crippen LogP contribution < -0.4 is 5.32 Å². The van der Waals surface area contributed by atoms with E-state index in [1.165, 1.54) is 32.1 Å². The number of rotatable bonds is 5. The van der Waals surface area contributed by atoms with E-state index in [1.54, 1.807) is 12.1 Å². The molecule has 0 radical (unpaired) electrons. The summed E-state index contributed by atoms with van der Waals surface area (Å²) in [6.07, 6.45) is 7.08. The zero-order chi connectivity index (χ0) is 15.3. The van der Waals surface area contributed by atoms with Gasteiger partial charge in [0, 0.05) is 11.7 Å². The molecule has 1 aromatic rings. The predicted molar refractivity (Wildman–Crippen MR) is 88.4 cm³/mol. The minimum atomic E-state index is -3.10. The van der Waals surface area contributed by atoms with Crippen LogP contribution in [0, 0.1) is 5.92 Å². The van der Waals surface area contributed by atoms with Crippen LogP contribution in [-0.4, -0.2) is 20.2 Å². The smallest absolute Gasteiger partial charge is 0.178 e. The summed E-state index contributed by atoms with van der Waals surface area (Å²) in [5, 5.41) is 3.59. The van der Waals surface area contributed by atoms with Crippen molar-refractivity contribution >= 4 is 15.5 Å². The van der Waals surface area contributed by atoms with E-state index in [9.17, 15) is 8.42 Å². The van der Waals surface area contributed by atoms with Gasteiger partial charge in [-0.3, -0.25) is 0 Å². The van der Waals surface area contributed by atoms with Crippen molar-refractivity contribution in [1.29, 1.82) is 0 Å². The van der Waals surface area contributed by atoms with Crippen LogP contribution in [0.3, 0.4) is 0 Å². The third-order valence-corrected chi connectivity index (χ3v) is 6.34. The van der Waals surface area contributed by atoms with Crippen molar-refractivity contribution in [2.45, 2.75) is 63.3 Å². The molecule has 3 nitrogen and oxygen atoms in total. The maximum atomic E-state index is 12.0. The molecule has 1 N–H and O–H groups in total. The van der Waals surface area contributed by atoms with Crippen molar-refractivity contribution in [3.8, 4) is 0 Å². The summed E-state index contributed by atoms with van der Waals surface area (Å²) >= 11 is 0. The molecule has 0 aromatic heterocycles. The Kier molecular flexibility index (Phi) is 5.68. The fourth-order valence-corrected chi connectivity index (χ4v) is 4.39. The summed E-state index contributed by atoms with van der Waals surface area (Å²) < 4.78 is 24.0. The highest BCUT2D eigenvalue weighted by Crippen LogP contribution is 2.26. The largest absolute Gasteiger partial charge is 0.382 e. The first-order chi connectivity index (χ1) is 10.0. The van der Waals surface area contributed by atoms with Gasteiger partial charge in [-0.2, -0.15) is 0 Å². The quantitative estimate of drug-likeness (QED) is 0.827. The molecule has 2 atom stereocenters. The van der Waals surface area contributed by atoms with Gasteiger partial charge in [-0.05, 0) is 49.4 Å². The number of nitrogens with one attached hydrogen (secondary N) is 1. The molecule has 4 heteroatoms. The van der Waals surface area contributed by atoms with Gasteiger partial charge in [0.1, 0.15) is 0 Å². The molecule has 1 saturated carbocycles. The Morgan fingerprint density at radius 2 is 1.76 bits per heavy atom. The summed E-state index contributed by atoms with van der Waals surface area (Å²) in [6, 6.07) is 7.77. The second-order valence-electron chi connectivity index (χ2n) is 6.21. The first kappa shape index (κ1) is 16.3. The van der Waals surface area contributed by atoms with Crippen molar-refractivity contribution in [2.75, 3.05) is 11.1 Å². The Hall–Kier alpha value is -1.03. The van der Waals surface area contributed by atoms with E-state index >= 15 is 0 Å². The van der Waals surface area contributed by atoms with Crippen LogP contribution in [0.25, 0.3) is 0 Å². The average Bonchev–Trinajstić information content (AvgIpc) is 2.65. The van der Waals surface area contributed by atoms with Gasteiger partial charge in [-0.25, -0.2) is 8.42 Å². The summed E-state index contributed by atoms with van der Waals surface area (Å²) in [5.74, 6) is 0.899. The van der Waals surface area contributed by atoms with Gasteiger partial charge in [0.05, 0.1) is 10.6 Å². The van der Waals surface area contributed by atoms with E-state index in [1.807, 2.05) is 19.1 Å². The van der Waals surface area contributed by atoms with Gasteiger partial charge >= 0.3 is 0 Å². The second kappa shape index (κ2) is 7.30. The first-order valence-corrected chi connectivity index (χ1v) is 9.77. The normalized spacial score (nSPS) is 23.5. The molecule has 0 bridgehead atoms. The third kappa shape index (κ3) is 4.47. The molecule has 1 fully saturated rings. The van der Waals surface area contributed by atoms with Crippen LogP contribution in [0.15, 0.2) is 29.2 Å². The lowest BCUT2D eigenvalue weighted by atomic mass is 9.97. The first-order valence-electron chi connectivity index (χ1n) is 8.12. The summed E-state index contributed by atoms with van der Waals surface area (Å²) in [5.41, 5.74) is 1.03. The average molecular weight is 309 g/mol. The van der Waals surface area contributed by atoms with Gasteiger partial charge in [0.15, 0.2) is 9.84 Å². The molecule has 0 heterocycles. The molecular weight excluding hydrogens is 282 g/mol. The lowest BCUT2D eigenvalue weighted by Gasteiger charge is -2.24. The fraction of sp³-hybridized carbons (Fsp3) is 0.647. The number of anilines is 1. The fourth-order valence-electron chi connectivity index (χ4n) is 3.07. The lowest BCUT2D eigenvalue weighted by Crippen LogP contribution is -2.26. The summed E-state index contributed by atoms with van der Waals surface area (Å²) in [7, 11) is -3.10. The molecule has 0 spiro atoms. The number of hydrogen-bond donors (Lipinski definition) is 1. The van der Waals surface area contributed by atoms with Gasteiger partial charge in [-0.15, -0.1) is 0 Å². The molecule has 1 aliphatic carbocycles. The van der Waals surface area contributed by atoms with E-state index in [0.717, 1.165) is 5.69 Å². The highest BCUT2D eigenvalue weighted by atomic mass is 32.2. The van der Waals surface area contributed by atoms with E-state index in [0.29, 0.717) is 23.3 Å². The second-order valence-corrected chi connectivity index (χ2v) is 8.32. The zero-order valence-electron chi connectivity index (χ0n) is 13.1. The Bertz CT molecular complexity index is 536. The molecular formula is C17H27NO2S. The Morgan fingerprint density at radius 3 is 2.43 bits per heavy atom. The monoisotopic (exact) mass is 309 g/mol. The van der Waals surface area contributed by atoms with Crippen LogP contribution in [0.5, 0.6) is 0 Å². The highest BCUT2D eigenvalue weighted by Gasteiger charge is 2.20.